The lowest BCUT2D eigenvalue weighted by Crippen LogP contribution is -2.10. The molecule has 1 fully saturated rings. The molecule has 0 heterocycles. The zero-order valence-electron chi connectivity index (χ0n) is 13.0. The summed E-state index contributed by atoms with van der Waals surface area (Å²) in [7, 11) is 0. The molecule has 0 saturated heterocycles. The Morgan fingerprint density at radius 1 is 0.864 bits per heavy atom. The second-order valence-corrected chi connectivity index (χ2v) is 6.58. The van der Waals surface area contributed by atoms with Gasteiger partial charge in [-0.3, -0.25) is 0 Å². The summed E-state index contributed by atoms with van der Waals surface area (Å²) in [4.78, 5) is 0. The second kappa shape index (κ2) is 5.91. The average Bonchev–Trinajstić information content (AvgIpc) is 2.53. The molecule has 0 unspecified atom stereocenters. The van der Waals surface area contributed by atoms with E-state index in [-0.39, 0.29) is 5.75 Å². The van der Waals surface area contributed by atoms with Crippen LogP contribution < -0.4 is 11.5 Å². The summed E-state index contributed by atoms with van der Waals surface area (Å²) in [5, 5.41) is 9.66. The fourth-order valence-electron chi connectivity index (χ4n) is 3.39. The minimum atomic E-state index is -0.0308. The van der Waals surface area contributed by atoms with Gasteiger partial charge in [0.15, 0.2) is 5.75 Å². The van der Waals surface area contributed by atoms with Crippen molar-refractivity contribution in [2.24, 2.45) is 5.92 Å². The van der Waals surface area contributed by atoms with Crippen LogP contribution in [0, 0.1) is 5.92 Å². The number of rotatable bonds is 2. The lowest BCUT2D eigenvalue weighted by molar-refractivity contribution is 0.348. The Morgan fingerprint density at radius 3 is 1.95 bits per heavy atom. The first kappa shape index (κ1) is 14.8. The highest BCUT2D eigenvalue weighted by Crippen LogP contribution is 2.37. The molecule has 2 aromatic rings. The van der Waals surface area contributed by atoms with Crippen LogP contribution in [0.3, 0.4) is 0 Å². The van der Waals surface area contributed by atoms with Crippen LogP contribution in [0.15, 0.2) is 36.4 Å². The monoisotopic (exact) mass is 296 g/mol. The van der Waals surface area contributed by atoms with Crippen molar-refractivity contribution in [2.75, 3.05) is 11.5 Å². The van der Waals surface area contributed by atoms with Crippen LogP contribution in [-0.4, -0.2) is 5.11 Å². The van der Waals surface area contributed by atoms with Crippen LogP contribution in [0.25, 0.3) is 11.1 Å². The predicted octanol–water partition coefficient (Wildman–Crippen LogP) is 4.52. The van der Waals surface area contributed by atoms with E-state index in [2.05, 4.69) is 31.2 Å². The normalized spacial score (nSPS) is 21.7. The van der Waals surface area contributed by atoms with E-state index < -0.39 is 0 Å². The molecule has 0 amide bonds. The highest BCUT2D eigenvalue weighted by Gasteiger charge is 2.19. The molecule has 22 heavy (non-hydrogen) atoms. The molecule has 5 N–H and O–H groups in total. The minimum Gasteiger partial charge on any atom is -0.504 e. The summed E-state index contributed by atoms with van der Waals surface area (Å²) in [5.74, 6) is 1.54. The number of anilines is 2. The van der Waals surface area contributed by atoms with Crippen LogP contribution in [-0.2, 0) is 0 Å². The first-order valence-electron chi connectivity index (χ1n) is 8.03. The van der Waals surface area contributed by atoms with Crippen molar-refractivity contribution in [3.8, 4) is 16.9 Å². The Balaban J connectivity index is 1.82. The molecule has 3 heteroatoms. The minimum absolute atomic E-state index is 0.0308. The van der Waals surface area contributed by atoms with Crippen molar-refractivity contribution >= 4 is 11.4 Å². The van der Waals surface area contributed by atoms with Gasteiger partial charge < -0.3 is 16.6 Å². The SMILES string of the molecule is CC1CCC(c2ccc(-c3cc(N)c(O)c(N)c3)cc2)CC1. The van der Waals surface area contributed by atoms with Gasteiger partial charge in [0.05, 0.1) is 11.4 Å². The Morgan fingerprint density at radius 2 is 1.41 bits per heavy atom. The molecule has 2 aromatic carbocycles. The number of benzene rings is 2. The van der Waals surface area contributed by atoms with Crippen molar-refractivity contribution < 1.29 is 5.11 Å². The number of phenolic OH excluding ortho intramolecular Hbond substituents is 1. The van der Waals surface area contributed by atoms with Gasteiger partial charge in [0.2, 0.25) is 0 Å². The third-order valence-electron chi connectivity index (χ3n) is 4.90. The zero-order chi connectivity index (χ0) is 15.7. The summed E-state index contributed by atoms with van der Waals surface area (Å²) in [5.41, 5.74) is 15.7. The quantitative estimate of drug-likeness (QED) is 0.563. The molecule has 0 radical (unpaired) electrons. The highest BCUT2D eigenvalue weighted by molar-refractivity contribution is 5.78. The van der Waals surface area contributed by atoms with Crippen LogP contribution in [0.1, 0.15) is 44.1 Å². The fourth-order valence-corrected chi connectivity index (χ4v) is 3.39. The van der Waals surface area contributed by atoms with E-state index in [9.17, 15) is 5.11 Å². The van der Waals surface area contributed by atoms with Gasteiger partial charge in [-0.25, -0.2) is 0 Å². The van der Waals surface area contributed by atoms with Crippen molar-refractivity contribution in [1.29, 1.82) is 0 Å². The Labute approximate surface area is 132 Å². The maximum Gasteiger partial charge on any atom is 0.161 e. The van der Waals surface area contributed by atoms with Gasteiger partial charge in [-0.05, 0) is 53.5 Å². The molecular formula is C19H24N2O. The number of nitrogen functional groups attached to an aromatic ring is 2. The van der Waals surface area contributed by atoms with Crippen molar-refractivity contribution in [3.05, 3.63) is 42.0 Å². The molecule has 1 aliphatic rings. The third-order valence-corrected chi connectivity index (χ3v) is 4.90. The van der Waals surface area contributed by atoms with Gasteiger partial charge in [-0.1, -0.05) is 44.0 Å². The highest BCUT2D eigenvalue weighted by atomic mass is 16.3. The maximum absolute atomic E-state index is 9.66. The Kier molecular flexibility index (Phi) is 3.97. The molecule has 116 valence electrons. The van der Waals surface area contributed by atoms with E-state index in [4.69, 9.17) is 11.5 Å². The molecule has 1 saturated carbocycles. The van der Waals surface area contributed by atoms with Crippen molar-refractivity contribution in [2.45, 2.75) is 38.5 Å². The number of nitrogens with two attached hydrogens (primary N) is 2. The van der Waals surface area contributed by atoms with Gasteiger partial charge in [0, 0.05) is 0 Å². The molecular weight excluding hydrogens is 272 g/mol. The van der Waals surface area contributed by atoms with Crippen LogP contribution >= 0.6 is 0 Å². The van der Waals surface area contributed by atoms with E-state index >= 15 is 0 Å². The Bertz CT molecular complexity index is 633. The number of hydrogen-bond donors (Lipinski definition) is 3. The van der Waals surface area contributed by atoms with Gasteiger partial charge in [-0.15, -0.1) is 0 Å². The topological polar surface area (TPSA) is 72.3 Å². The van der Waals surface area contributed by atoms with E-state index in [1.807, 2.05) is 0 Å². The molecule has 0 atom stereocenters. The molecule has 0 aliphatic heterocycles. The number of aromatic hydroxyl groups is 1. The average molecular weight is 296 g/mol. The largest absolute Gasteiger partial charge is 0.504 e. The van der Waals surface area contributed by atoms with Gasteiger partial charge >= 0.3 is 0 Å². The number of phenols is 1. The van der Waals surface area contributed by atoms with E-state index in [0.29, 0.717) is 17.3 Å². The van der Waals surface area contributed by atoms with Gasteiger partial charge in [0.25, 0.3) is 0 Å². The van der Waals surface area contributed by atoms with Gasteiger partial charge in [-0.2, -0.15) is 0 Å². The Hall–Kier alpha value is -2.16. The lowest BCUT2D eigenvalue weighted by atomic mass is 9.79. The molecule has 3 nitrogen and oxygen atoms in total. The van der Waals surface area contributed by atoms with Crippen LogP contribution in [0.5, 0.6) is 5.75 Å². The molecule has 0 bridgehead atoms. The maximum atomic E-state index is 9.66. The summed E-state index contributed by atoms with van der Waals surface area (Å²) in [6, 6.07) is 12.2. The number of hydrogen-bond acceptors (Lipinski definition) is 3. The zero-order valence-corrected chi connectivity index (χ0v) is 13.0. The lowest BCUT2D eigenvalue weighted by Gasteiger charge is -2.26. The van der Waals surface area contributed by atoms with E-state index in [1.165, 1.54) is 31.2 Å². The van der Waals surface area contributed by atoms with Crippen molar-refractivity contribution in [1.82, 2.24) is 0 Å². The van der Waals surface area contributed by atoms with Gasteiger partial charge in [0.1, 0.15) is 0 Å². The summed E-state index contributed by atoms with van der Waals surface area (Å²) >= 11 is 0. The van der Waals surface area contributed by atoms with Crippen molar-refractivity contribution in [3.63, 3.8) is 0 Å². The smallest absolute Gasteiger partial charge is 0.161 e. The van der Waals surface area contributed by atoms with Crippen LogP contribution in [0.2, 0.25) is 0 Å². The van der Waals surface area contributed by atoms with Crippen LogP contribution in [0.4, 0.5) is 11.4 Å². The second-order valence-electron chi connectivity index (χ2n) is 6.58. The molecule has 0 aromatic heterocycles. The molecule has 1 aliphatic carbocycles. The first-order chi connectivity index (χ1) is 10.5. The summed E-state index contributed by atoms with van der Waals surface area (Å²) in [6.45, 7) is 2.35. The summed E-state index contributed by atoms with van der Waals surface area (Å²) in [6.07, 6.45) is 5.24. The third kappa shape index (κ3) is 2.89. The standard InChI is InChI=1S/C19H24N2O/c1-12-2-4-13(5-3-12)14-6-8-15(9-7-14)16-10-17(20)19(22)18(21)11-16/h6-13,22H,2-5,20-21H2,1H3. The molecule has 3 rings (SSSR count). The van der Waals surface area contributed by atoms with E-state index in [0.717, 1.165) is 17.0 Å². The fraction of sp³-hybridized carbons (Fsp3) is 0.368. The predicted molar refractivity (Wildman–Crippen MR) is 92.7 cm³/mol. The summed E-state index contributed by atoms with van der Waals surface area (Å²) < 4.78 is 0. The molecule has 0 spiro atoms. The first-order valence-corrected chi connectivity index (χ1v) is 8.03. The van der Waals surface area contributed by atoms with E-state index in [1.54, 1.807) is 12.1 Å².